The zero-order valence-corrected chi connectivity index (χ0v) is 12.3. The van der Waals surface area contributed by atoms with Crippen LogP contribution in [0.4, 0.5) is 11.4 Å². The number of rotatable bonds is 5. The summed E-state index contributed by atoms with van der Waals surface area (Å²) in [4.78, 5) is 12.2. The largest absolute Gasteiger partial charge is 0.492 e. The van der Waals surface area contributed by atoms with E-state index in [2.05, 4.69) is 12.2 Å². The van der Waals surface area contributed by atoms with Crippen molar-refractivity contribution in [2.45, 2.75) is 20.3 Å². The van der Waals surface area contributed by atoms with Gasteiger partial charge in [0.15, 0.2) is 0 Å². The third-order valence-electron chi connectivity index (χ3n) is 3.16. The number of nitrogens with two attached hydrogens (primary N) is 1. The summed E-state index contributed by atoms with van der Waals surface area (Å²) in [6.07, 6.45) is 0.930. The molecule has 0 unspecified atom stereocenters. The first-order valence-corrected chi connectivity index (χ1v) is 7.06. The van der Waals surface area contributed by atoms with Crippen molar-refractivity contribution in [3.8, 4) is 5.75 Å². The fraction of sp³-hybridized carbons (Fsp3) is 0.235. The molecule has 0 aliphatic heterocycles. The molecule has 2 aromatic carbocycles. The minimum absolute atomic E-state index is 0.182. The molecule has 0 saturated carbocycles. The minimum Gasteiger partial charge on any atom is -0.492 e. The molecule has 0 radical (unpaired) electrons. The molecule has 0 atom stereocenters. The van der Waals surface area contributed by atoms with Crippen LogP contribution in [0.15, 0.2) is 42.5 Å². The quantitative estimate of drug-likeness (QED) is 0.826. The van der Waals surface area contributed by atoms with E-state index in [1.807, 2.05) is 31.2 Å². The van der Waals surface area contributed by atoms with Gasteiger partial charge >= 0.3 is 0 Å². The number of benzene rings is 2. The van der Waals surface area contributed by atoms with Gasteiger partial charge in [-0.05, 0) is 49.2 Å². The zero-order chi connectivity index (χ0) is 15.2. The summed E-state index contributed by atoms with van der Waals surface area (Å²) >= 11 is 0. The number of hydrogen-bond donors (Lipinski definition) is 2. The Morgan fingerprint density at radius 1 is 1.19 bits per heavy atom. The van der Waals surface area contributed by atoms with Gasteiger partial charge in [0.2, 0.25) is 0 Å². The molecule has 0 aromatic heterocycles. The van der Waals surface area contributed by atoms with Crippen molar-refractivity contribution in [3.05, 3.63) is 53.6 Å². The van der Waals surface area contributed by atoms with Gasteiger partial charge in [-0.1, -0.05) is 19.1 Å². The second-order valence-electron chi connectivity index (χ2n) is 4.69. The van der Waals surface area contributed by atoms with Crippen LogP contribution < -0.4 is 15.8 Å². The van der Waals surface area contributed by atoms with Gasteiger partial charge in [-0.25, -0.2) is 0 Å². The van der Waals surface area contributed by atoms with Gasteiger partial charge in [0, 0.05) is 11.3 Å². The Labute approximate surface area is 124 Å². The first-order valence-electron chi connectivity index (χ1n) is 7.06. The minimum atomic E-state index is -0.182. The van der Waals surface area contributed by atoms with Crippen LogP contribution in [-0.2, 0) is 6.42 Å². The summed E-state index contributed by atoms with van der Waals surface area (Å²) in [5.41, 5.74) is 8.82. The lowest BCUT2D eigenvalue weighted by atomic mass is 10.1. The highest BCUT2D eigenvalue weighted by Gasteiger charge is 2.09. The average Bonchev–Trinajstić information content (AvgIpc) is 2.49. The average molecular weight is 284 g/mol. The van der Waals surface area contributed by atoms with Crippen molar-refractivity contribution in [2.24, 2.45) is 0 Å². The topological polar surface area (TPSA) is 64.3 Å². The molecule has 0 spiro atoms. The predicted molar refractivity (Wildman–Crippen MR) is 85.8 cm³/mol. The molecule has 0 fully saturated rings. The van der Waals surface area contributed by atoms with E-state index < -0.39 is 0 Å². The van der Waals surface area contributed by atoms with Crippen molar-refractivity contribution in [1.29, 1.82) is 0 Å². The Bertz CT molecular complexity index is 638. The molecule has 4 nitrogen and oxygen atoms in total. The van der Waals surface area contributed by atoms with Crippen LogP contribution >= 0.6 is 0 Å². The van der Waals surface area contributed by atoms with E-state index in [1.54, 1.807) is 18.2 Å². The number of amides is 1. The lowest BCUT2D eigenvalue weighted by Gasteiger charge is -2.10. The molecule has 0 bridgehead atoms. The van der Waals surface area contributed by atoms with Crippen LogP contribution in [0, 0.1) is 0 Å². The third kappa shape index (κ3) is 3.75. The molecule has 2 aromatic rings. The first kappa shape index (κ1) is 14.9. The van der Waals surface area contributed by atoms with E-state index in [4.69, 9.17) is 10.5 Å². The van der Waals surface area contributed by atoms with Gasteiger partial charge in [0.1, 0.15) is 5.75 Å². The number of carbonyl (C=O) groups excluding carboxylic acids is 1. The van der Waals surface area contributed by atoms with Gasteiger partial charge < -0.3 is 15.8 Å². The van der Waals surface area contributed by atoms with Gasteiger partial charge in [0.25, 0.3) is 5.91 Å². The van der Waals surface area contributed by atoms with E-state index in [0.29, 0.717) is 23.6 Å². The first-order chi connectivity index (χ1) is 10.1. The molecular weight excluding hydrogens is 264 g/mol. The summed E-state index contributed by atoms with van der Waals surface area (Å²) < 4.78 is 5.36. The number of carbonyl (C=O) groups is 1. The number of hydrogen-bond acceptors (Lipinski definition) is 3. The lowest BCUT2D eigenvalue weighted by Crippen LogP contribution is -2.12. The standard InChI is InChI=1S/C17H20N2O2/c1-3-12-6-5-7-14(10-12)19-17(20)13-8-9-16(21-4-2)15(18)11-13/h5-11H,3-4,18H2,1-2H3,(H,19,20). The van der Waals surface area contributed by atoms with Crippen molar-refractivity contribution >= 4 is 17.3 Å². The van der Waals surface area contributed by atoms with Crippen LogP contribution in [0.5, 0.6) is 5.75 Å². The van der Waals surface area contributed by atoms with E-state index in [0.717, 1.165) is 12.1 Å². The van der Waals surface area contributed by atoms with E-state index in [1.165, 1.54) is 5.56 Å². The summed E-state index contributed by atoms with van der Waals surface area (Å²) in [6, 6.07) is 12.9. The normalized spacial score (nSPS) is 10.2. The van der Waals surface area contributed by atoms with Crippen LogP contribution in [0.25, 0.3) is 0 Å². The Morgan fingerprint density at radius 2 is 2.00 bits per heavy atom. The van der Waals surface area contributed by atoms with Crippen LogP contribution in [0.2, 0.25) is 0 Å². The molecule has 3 N–H and O–H groups in total. The predicted octanol–water partition coefficient (Wildman–Crippen LogP) is 3.48. The Morgan fingerprint density at radius 3 is 2.67 bits per heavy atom. The molecule has 0 saturated heterocycles. The maximum absolute atomic E-state index is 12.2. The van der Waals surface area contributed by atoms with Crippen molar-refractivity contribution in [2.75, 3.05) is 17.7 Å². The number of aryl methyl sites for hydroxylation is 1. The van der Waals surface area contributed by atoms with Crippen LogP contribution in [0.1, 0.15) is 29.8 Å². The van der Waals surface area contributed by atoms with E-state index in [-0.39, 0.29) is 5.91 Å². The molecule has 0 aliphatic carbocycles. The Kier molecular flexibility index (Phi) is 4.82. The molecule has 0 aliphatic rings. The van der Waals surface area contributed by atoms with Gasteiger partial charge in [-0.3, -0.25) is 4.79 Å². The highest BCUT2D eigenvalue weighted by atomic mass is 16.5. The van der Waals surface area contributed by atoms with E-state index >= 15 is 0 Å². The second-order valence-corrected chi connectivity index (χ2v) is 4.69. The Hall–Kier alpha value is -2.49. The van der Waals surface area contributed by atoms with E-state index in [9.17, 15) is 4.79 Å². The summed E-state index contributed by atoms with van der Waals surface area (Å²) in [7, 11) is 0. The molecule has 110 valence electrons. The summed E-state index contributed by atoms with van der Waals surface area (Å²) in [5.74, 6) is 0.417. The van der Waals surface area contributed by atoms with Gasteiger partial charge in [0.05, 0.1) is 12.3 Å². The zero-order valence-electron chi connectivity index (χ0n) is 12.3. The Balaban J connectivity index is 2.14. The van der Waals surface area contributed by atoms with Crippen LogP contribution in [-0.4, -0.2) is 12.5 Å². The van der Waals surface area contributed by atoms with Crippen LogP contribution in [0.3, 0.4) is 0 Å². The SMILES string of the molecule is CCOc1ccc(C(=O)Nc2cccc(CC)c2)cc1N. The summed E-state index contributed by atoms with van der Waals surface area (Å²) in [6.45, 7) is 4.51. The highest BCUT2D eigenvalue weighted by molar-refractivity contribution is 6.05. The highest BCUT2D eigenvalue weighted by Crippen LogP contribution is 2.23. The third-order valence-corrected chi connectivity index (χ3v) is 3.16. The number of ether oxygens (including phenoxy) is 1. The lowest BCUT2D eigenvalue weighted by molar-refractivity contribution is 0.102. The van der Waals surface area contributed by atoms with Crippen molar-refractivity contribution in [3.63, 3.8) is 0 Å². The number of anilines is 2. The molecule has 21 heavy (non-hydrogen) atoms. The molecule has 0 heterocycles. The fourth-order valence-corrected chi connectivity index (χ4v) is 2.05. The number of nitrogen functional groups attached to an aromatic ring is 1. The molecular formula is C17H20N2O2. The van der Waals surface area contributed by atoms with Gasteiger partial charge in [-0.15, -0.1) is 0 Å². The monoisotopic (exact) mass is 284 g/mol. The van der Waals surface area contributed by atoms with Gasteiger partial charge in [-0.2, -0.15) is 0 Å². The molecule has 2 rings (SSSR count). The smallest absolute Gasteiger partial charge is 0.255 e. The van der Waals surface area contributed by atoms with Crippen molar-refractivity contribution < 1.29 is 9.53 Å². The second kappa shape index (κ2) is 6.79. The fourth-order valence-electron chi connectivity index (χ4n) is 2.05. The van der Waals surface area contributed by atoms with Crippen molar-refractivity contribution in [1.82, 2.24) is 0 Å². The number of nitrogens with one attached hydrogen (secondary N) is 1. The summed E-state index contributed by atoms with van der Waals surface area (Å²) in [5, 5.41) is 2.88. The molecule has 1 amide bonds. The molecule has 4 heteroatoms. The maximum Gasteiger partial charge on any atom is 0.255 e. The maximum atomic E-state index is 12.2.